The highest BCUT2D eigenvalue weighted by molar-refractivity contribution is 5.72. The van der Waals surface area contributed by atoms with E-state index in [1.807, 2.05) is 13.8 Å². The molecule has 0 aromatic rings. The van der Waals surface area contributed by atoms with Gasteiger partial charge in [-0.3, -0.25) is 4.79 Å². The smallest absolute Gasteiger partial charge is 0.306 e. The average Bonchev–Trinajstić information content (AvgIpc) is 2.08. The molecule has 1 aliphatic heterocycles. The number of cyclic esters (lactones) is 1. The molecule has 3 heteroatoms. The van der Waals surface area contributed by atoms with Crippen molar-refractivity contribution in [2.24, 2.45) is 5.92 Å². The summed E-state index contributed by atoms with van der Waals surface area (Å²) in [6.07, 6.45) is 1.02. The van der Waals surface area contributed by atoms with Gasteiger partial charge in [-0.1, -0.05) is 6.92 Å². The lowest BCUT2D eigenvalue weighted by molar-refractivity contribution is -0.148. The molecule has 1 N–H and O–H groups in total. The summed E-state index contributed by atoms with van der Waals surface area (Å²) >= 11 is 0. The number of aliphatic hydroxyl groups is 1. The van der Waals surface area contributed by atoms with Gasteiger partial charge >= 0.3 is 5.97 Å². The Kier molecular flexibility index (Phi) is 2.18. The van der Waals surface area contributed by atoms with E-state index in [4.69, 9.17) is 9.84 Å². The molecule has 0 unspecified atom stereocenters. The van der Waals surface area contributed by atoms with Crippen LogP contribution in [0.1, 0.15) is 26.7 Å². The Bertz CT molecular complexity index is 167. The summed E-state index contributed by atoms with van der Waals surface area (Å²) in [5, 5.41) is 8.70. The molecular formula is C8H14O3. The minimum absolute atomic E-state index is 0.0775. The van der Waals surface area contributed by atoms with E-state index in [1.165, 1.54) is 0 Å². The summed E-state index contributed by atoms with van der Waals surface area (Å²) < 4.78 is 5.10. The van der Waals surface area contributed by atoms with Crippen molar-refractivity contribution in [1.29, 1.82) is 0 Å². The minimum Gasteiger partial charge on any atom is -0.459 e. The molecule has 1 aliphatic rings. The van der Waals surface area contributed by atoms with E-state index in [0.29, 0.717) is 12.8 Å². The number of carbonyl (C=O) groups is 1. The first-order valence-corrected chi connectivity index (χ1v) is 3.91. The monoisotopic (exact) mass is 158 g/mol. The van der Waals surface area contributed by atoms with E-state index in [1.54, 1.807) is 0 Å². The van der Waals surface area contributed by atoms with Crippen molar-refractivity contribution in [2.75, 3.05) is 6.61 Å². The quantitative estimate of drug-likeness (QED) is 0.602. The van der Waals surface area contributed by atoms with Crippen LogP contribution in [0.3, 0.4) is 0 Å². The van der Waals surface area contributed by atoms with E-state index >= 15 is 0 Å². The van der Waals surface area contributed by atoms with Gasteiger partial charge in [0.05, 0.1) is 6.42 Å². The Hall–Kier alpha value is -0.570. The third-order valence-corrected chi connectivity index (χ3v) is 2.47. The lowest BCUT2D eigenvalue weighted by Crippen LogP contribution is -2.31. The van der Waals surface area contributed by atoms with Crippen molar-refractivity contribution in [3.05, 3.63) is 0 Å². The van der Waals surface area contributed by atoms with E-state index < -0.39 is 5.60 Å². The largest absolute Gasteiger partial charge is 0.459 e. The summed E-state index contributed by atoms with van der Waals surface area (Å²) in [5.74, 6) is 0.0793. The molecule has 64 valence electrons. The highest BCUT2D eigenvalue weighted by atomic mass is 16.6. The summed E-state index contributed by atoms with van der Waals surface area (Å²) in [4.78, 5) is 10.8. The SMILES string of the molecule is C[C@@H]1CC(=O)O[C@]1(C)CCO. The van der Waals surface area contributed by atoms with Crippen LogP contribution in [0.4, 0.5) is 0 Å². The van der Waals surface area contributed by atoms with E-state index in [2.05, 4.69) is 0 Å². The van der Waals surface area contributed by atoms with Gasteiger partial charge in [0.2, 0.25) is 0 Å². The van der Waals surface area contributed by atoms with Gasteiger partial charge in [0.25, 0.3) is 0 Å². The van der Waals surface area contributed by atoms with Gasteiger partial charge in [-0.15, -0.1) is 0 Å². The van der Waals surface area contributed by atoms with Crippen molar-refractivity contribution in [3.8, 4) is 0 Å². The van der Waals surface area contributed by atoms with Crippen molar-refractivity contribution in [2.45, 2.75) is 32.3 Å². The predicted molar refractivity (Wildman–Crippen MR) is 40.0 cm³/mol. The van der Waals surface area contributed by atoms with Crippen LogP contribution >= 0.6 is 0 Å². The zero-order valence-corrected chi connectivity index (χ0v) is 6.96. The maximum Gasteiger partial charge on any atom is 0.306 e. The maximum absolute atomic E-state index is 10.8. The molecule has 11 heavy (non-hydrogen) atoms. The van der Waals surface area contributed by atoms with Gasteiger partial charge in [-0.25, -0.2) is 0 Å². The first kappa shape index (κ1) is 8.53. The Morgan fingerprint density at radius 3 is 2.82 bits per heavy atom. The third kappa shape index (κ3) is 1.53. The minimum atomic E-state index is -0.425. The van der Waals surface area contributed by atoms with Crippen LogP contribution in [0.15, 0.2) is 0 Å². The van der Waals surface area contributed by atoms with Crippen LogP contribution in [0.5, 0.6) is 0 Å². The molecule has 0 aromatic heterocycles. The first-order chi connectivity index (χ1) is 5.08. The molecule has 0 saturated carbocycles. The van der Waals surface area contributed by atoms with Gasteiger partial charge in [-0.05, 0) is 6.92 Å². The van der Waals surface area contributed by atoms with Crippen LogP contribution in [0, 0.1) is 5.92 Å². The predicted octanol–water partition coefficient (Wildman–Crippen LogP) is 0.710. The molecule has 0 amide bonds. The van der Waals surface area contributed by atoms with E-state index in [-0.39, 0.29) is 18.5 Å². The Balaban J connectivity index is 2.62. The topological polar surface area (TPSA) is 46.5 Å². The van der Waals surface area contributed by atoms with Crippen LogP contribution in [-0.2, 0) is 9.53 Å². The molecule has 1 heterocycles. The summed E-state index contributed by atoms with van der Waals surface area (Å²) in [5.41, 5.74) is -0.425. The molecule has 0 radical (unpaired) electrons. The summed E-state index contributed by atoms with van der Waals surface area (Å²) in [7, 11) is 0. The molecular weight excluding hydrogens is 144 g/mol. The molecule has 1 saturated heterocycles. The number of carbonyl (C=O) groups excluding carboxylic acids is 1. The second-order valence-corrected chi connectivity index (χ2v) is 3.37. The van der Waals surface area contributed by atoms with Crippen LogP contribution < -0.4 is 0 Å². The van der Waals surface area contributed by atoms with Crippen LogP contribution in [0.2, 0.25) is 0 Å². The second-order valence-electron chi connectivity index (χ2n) is 3.37. The molecule has 3 nitrogen and oxygen atoms in total. The molecule has 2 atom stereocenters. The summed E-state index contributed by atoms with van der Waals surface area (Å²) in [6.45, 7) is 3.92. The van der Waals surface area contributed by atoms with Crippen LogP contribution in [-0.4, -0.2) is 23.3 Å². The van der Waals surface area contributed by atoms with Gasteiger partial charge in [0.1, 0.15) is 5.60 Å². The van der Waals surface area contributed by atoms with Crippen molar-refractivity contribution in [3.63, 3.8) is 0 Å². The van der Waals surface area contributed by atoms with Crippen molar-refractivity contribution < 1.29 is 14.6 Å². The Morgan fingerprint density at radius 1 is 1.82 bits per heavy atom. The summed E-state index contributed by atoms with van der Waals surface area (Å²) in [6, 6.07) is 0. The lowest BCUT2D eigenvalue weighted by atomic mass is 9.88. The van der Waals surface area contributed by atoms with Gasteiger partial charge < -0.3 is 9.84 Å². The van der Waals surface area contributed by atoms with Crippen molar-refractivity contribution in [1.82, 2.24) is 0 Å². The van der Waals surface area contributed by atoms with E-state index in [9.17, 15) is 4.79 Å². The van der Waals surface area contributed by atoms with E-state index in [0.717, 1.165) is 0 Å². The second kappa shape index (κ2) is 2.81. The average molecular weight is 158 g/mol. The van der Waals surface area contributed by atoms with Gasteiger partial charge in [-0.2, -0.15) is 0 Å². The Labute approximate surface area is 66.4 Å². The molecule has 0 aromatic carbocycles. The fraction of sp³-hybridized carbons (Fsp3) is 0.875. The first-order valence-electron chi connectivity index (χ1n) is 3.91. The van der Waals surface area contributed by atoms with Crippen molar-refractivity contribution >= 4 is 5.97 Å². The highest BCUT2D eigenvalue weighted by Gasteiger charge is 2.41. The Morgan fingerprint density at radius 2 is 2.45 bits per heavy atom. The fourth-order valence-electron chi connectivity index (χ4n) is 1.39. The maximum atomic E-state index is 10.8. The number of ether oxygens (including phenoxy) is 1. The number of rotatable bonds is 2. The van der Waals surface area contributed by atoms with Gasteiger partial charge in [0.15, 0.2) is 0 Å². The third-order valence-electron chi connectivity index (χ3n) is 2.47. The zero-order valence-electron chi connectivity index (χ0n) is 6.96. The molecule has 0 bridgehead atoms. The normalized spacial score (nSPS) is 37.4. The molecule has 1 rings (SSSR count). The lowest BCUT2D eigenvalue weighted by Gasteiger charge is -2.25. The molecule has 0 spiro atoms. The number of hydrogen-bond acceptors (Lipinski definition) is 3. The van der Waals surface area contributed by atoms with Crippen LogP contribution in [0.25, 0.3) is 0 Å². The standard InChI is InChI=1S/C8H14O3/c1-6-5-7(10)11-8(6,2)3-4-9/h6,9H,3-5H2,1-2H3/t6-,8-/m1/s1. The zero-order chi connectivity index (χ0) is 8.48. The number of aliphatic hydroxyl groups excluding tert-OH is 1. The fourth-order valence-corrected chi connectivity index (χ4v) is 1.39. The highest BCUT2D eigenvalue weighted by Crippen LogP contribution is 2.34. The van der Waals surface area contributed by atoms with Gasteiger partial charge in [0, 0.05) is 18.9 Å². The number of esters is 1. The molecule has 0 aliphatic carbocycles. The molecule has 1 fully saturated rings. The number of hydrogen-bond donors (Lipinski definition) is 1.